The van der Waals surface area contributed by atoms with Crippen LogP contribution in [-0.4, -0.2) is 43.7 Å². The lowest BCUT2D eigenvalue weighted by molar-refractivity contribution is -0.118. The Morgan fingerprint density at radius 3 is 2.59 bits per heavy atom. The molecule has 0 saturated heterocycles. The summed E-state index contributed by atoms with van der Waals surface area (Å²) in [6.07, 6.45) is 7.08. The summed E-state index contributed by atoms with van der Waals surface area (Å²) >= 11 is 1.33. The molecule has 0 aliphatic heterocycles. The maximum absolute atomic E-state index is 12.4. The highest BCUT2D eigenvalue weighted by molar-refractivity contribution is 7.99. The van der Waals surface area contributed by atoms with Crippen LogP contribution in [0.3, 0.4) is 0 Å². The molecule has 0 radical (unpaired) electrons. The second kappa shape index (κ2) is 11.1. The van der Waals surface area contributed by atoms with E-state index >= 15 is 0 Å². The SMILES string of the molecule is Cc1ccc(-c2nnc(SCC(=O)N/N=C\c3ccccc3C(=O)O)n2C2CCCCC2)cc1. The minimum absolute atomic E-state index is 0.122. The number of nitrogens with one attached hydrogen (secondary N) is 1. The summed E-state index contributed by atoms with van der Waals surface area (Å²) in [7, 11) is 0. The molecule has 176 valence electrons. The van der Waals surface area contributed by atoms with Crippen LogP contribution >= 0.6 is 11.8 Å². The van der Waals surface area contributed by atoms with E-state index in [0.717, 1.165) is 29.4 Å². The van der Waals surface area contributed by atoms with Gasteiger partial charge in [0.05, 0.1) is 17.5 Å². The van der Waals surface area contributed by atoms with Gasteiger partial charge < -0.3 is 5.11 Å². The van der Waals surface area contributed by atoms with Crippen molar-refractivity contribution < 1.29 is 14.7 Å². The van der Waals surface area contributed by atoms with E-state index in [-0.39, 0.29) is 17.2 Å². The zero-order valence-corrected chi connectivity index (χ0v) is 19.8. The van der Waals surface area contributed by atoms with Gasteiger partial charge in [0.15, 0.2) is 11.0 Å². The Kier molecular flexibility index (Phi) is 7.74. The van der Waals surface area contributed by atoms with Crippen LogP contribution in [0.4, 0.5) is 0 Å². The number of carboxylic acids is 1. The predicted molar refractivity (Wildman–Crippen MR) is 132 cm³/mol. The molecular formula is C25H27N5O3S. The average molecular weight is 478 g/mol. The first kappa shape index (κ1) is 23.7. The molecule has 8 nitrogen and oxygen atoms in total. The van der Waals surface area contributed by atoms with Crippen LogP contribution in [0.2, 0.25) is 0 Å². The summed E-state index contributed by atoms with van der Waals surface area (Å²) in [5, 5.41) is 22.8. The highest BCUT2D eigenvalue weighted by Gasteiger charge is 2.24. The van der Waals surface area contributed by atoms with Gasteiger partial charge in [0, 0.05) is 17.2 Å². The van der Waals surface area contributed by atoms with E-state index in [9.17, 15) is 14.7 Å². The van der Waals surface area contributed by atoms with Gasteiger partial charge in [-0.15, -0.1) is 10.2 Å². The molecule has 3 aromatic rings. The van der Waals surface area contributed by atoms with Crippen LogP contribution in [0.25, 0.3) is 11.4 Å². The lowest BCUT2D eigenvalue weighted by Gasteiger charge is -2.25. The van der Waals surface area contributed by atoms with Crippen LogP contribution in [0.15, 0.2) is 58.8 Å². The van der Waals surface area contributed by atoms with Crippen molar-refractivity contribution in [1.82, 2.24) is 20.2 Å². The maximum atomic E-state index is 12.4. The van der Waals surface area contributed by atoms with Gasteiger partial charge in [-0.1, -0.05) is 79.1 Å². The first-order valence-electron chi connectivity index (χ1n) is 11.3. The lowest BCUT2D eigenvalue weighted by Crippen LogP contribution is -2.21. The van der Waals surface area contributed by atoms with E-state index in [4.69, 9.17) is 0 Å². The standard InChI is InChI=1S/C25H27N5O3S/c1-17-11-13-18(14-12-17)23-28-29-25(30(23)20-8-3-2-4-9-20)34-16-22(31)27-26-15-19-7-5-6-10-21(19)24(32)33/h5-7,10-15,20H,2-4,8-9,16H2,1H3,(H,27,31)(H,32,33)/b26-15-. The third-order valence-electron chi connectivity index (χ3n) is 5.83. The second-order valence-electron chi connectivity index (χ2n) is 8.31. The molecule has 2 N–H and O–H groups in total. The molecule has 1 saturated carbocycles. The molecule has 9 heteroatoms. The van der Waals surface area contributed by atoms with Gasteiger partial charge in [0.25, 0.3) is 5.91 Å². The van der Waals surface area contributed by atoms with E-state index in [2.05, 4.69) is 56.5 Å². The summed E-state index contributed by atoms with van der Waals surface area (Å²) in [6, 6.07) is 15.0. The number of carbonyl (C=O) groups excluding carboxylic acids is 1. The number of carboxylic acid groups (broad SMARTS) is 1. The fourth-order valence-corrected chi connectivity index (χ4v) is 4.88. The van der Waals surface area contributed by atoms with Gasteiger partial charge in [-0.3, -0.25) is 9.36 Å². The van der Waals surface area contributed by atoms with Crippen molar-refractivity contribution in [3.8, 4) is 11.4 Å². The lowest BCUT2D eigenvalue weighted by atomic mass is 9.95. The Labute approximate surface area is 202 Å². The number of thioether (sulfide) groups is 1. The Hall–Kier alpha value is -3.46. The maximum Gasteiger partial charge on any atom is 0.336 e. The second-order valence-corrected chi connectivity index (χ2v) is 9.25. The molecule has 0 spiro atoms. The number of carbonyl (C=O) groups is 2. The summed E-state index contributed by atoms with van der Waals surface area (Å²) in [5.41, 5.74) is 5.21. The van der Waals surface area contributed by atoms with E-state index in [1.807, 2.05) is 0 Å². The minimum atomic E-state index is -1.05. The molecule has 0 unspecified atom stereocenters. The molecule has 1 aliphatic carbocycles. The minimum Gasteiger partial charge on any atom is -0.478 e. The summed E-state index contributed by atoms with van der Waals surface area (Å²) in [4.78, 5) is 23.7. The molecule has 1 amide bonds. The predicted octanol–water partition coefficient (Wildman–Crippen LogP) is 4.70. The number of nitrogens with zero attached hydrogens (tertiary/aromatic N) is 4. The Bertz CT molecular complexity index is 1180. The van der Waals surface area contributed by atoms with Crippen molar-refractivity contribution in [3.05, 3.63) is 65.2 Å². The summed E-state index contributed by atoms with van der Waals surface area (Å²) in [5.74, 6) is -0.394. The van der Waals surface area contributed by atoms with E-state index in [1.165, 1.54) is 48.9 Å². The van der Waals surface area contributed by atoms with Crippen LogP contribution in [0.1, 0.15) is 59.6 Å². The molecule has 0 bridgehead atoms. The van der Waals surface area contributed by atoms with Gasteiger partial charge in [0.1, 0.15) is 0 Å². The monoisotopic (exact) mass is 477 g/mol. The number of hydrogen-bond acceptors (Lipinski definition) is 6. The zero-order valence-electron chi connectivity index (χ0n) is 19.0. The van der Waals surface area contributed by atoms with Gasteiger partial charge in [-0.05, 0) is 25.8 Å². The van der Waals surface area contributed by atoms with Crippen LogP contribution < -0.4 is 5.43 Å². The number of hydrogen-bond donors (Lipinski definition) is 2. The van der Waals surface area contributed by atoms with Crippen LogP contribution in [0, 0.1) is 6.92 Å². The molecule has 4 rings (SSSR count). The highest BCUT2D eigenvalue weighted by Crippen LogP contribution is 2.35. The Morgan fingerprint density at radius 1 is 1.12 bits per heavy atom. The van der Waals surface area contributed by atoms with Crippen molar-refractivity contribution in [3.63, 3.8) is 0 Å². The first-order valence-corrected chi connectivity index (χ1v) is 12.3. The Morgan fingerprint density at radius 2 is 1.85 bits per heavy atom. The van der Waals surface area contributed by atoms with E-state index in [1.54, 1.807) is 18.2 Å². The number of aromatic nitrogens is 3. The molecule has 1 heterocycles. The van der Waals surface area contributed by atoms with Crippen molar-refractivity contribution in [2.24, 2.45) is 5.10 Å². The van der Waals surface area contributed by atoms with E-state index < -0.39 is 5.97 Å². The fourth-order valence-electron chi connectivity index (χ4n) is 4.08. The van der Waals surface area contributed by atoms with Crippen molar-refractivity contribution in [2.45, 2.75) is 50.2 Å². The zero-order chi connectivity index (χ0) is 23.9. The summed E-state index contributed by atoms with van der Waals surface area (Å²) in [6.45, 7) is 2.05. The number of rotatable bonds is 8. The quantitative estimate of drug-likeness (QED) is 0.276. The number of benzene rings is 2. The number of aryl methyl sites for hydroxylation is 1. The topological polar surface area (TPSA) is 109 Å². The molecule has 1 aromatic heterocycles. The van der Waals surface area contributed by atoms with Crippen molar-refractivity contribution >= 4 is 29.9 Å². The molecule has 1 fully saturated rings. The van der Waals surface area contributed by atoms with Gasteiger partial charge in [0.2, 0.25) is 0 Å². The average Bonchev–Trinajstić information content (AvgIpc) is 3.28. The number of hydrazone groups is 1. The molecule has 34 heavy (non-hydrogen) atoms. The van der Waals surface area contributed by atoms with E-state index in [0.29, 0.717) is 11.6 Å². The molecule has 2 aromatic carbocycles. The third kappa shape index (κ3) is 5.72. The van der Waals surface area contributed by atoms with Gasteiger partial charge in [-0.25, -0.2) is 10.2 Å². The van der Waals surface area contributed by atoms with Crippen molar-refractivity contribution in [2.75, 3.05) is 5.75 Å². The normalized spacial score (nSPS) is 14.4. The molecule has 1 aliphatic rings. The van der Waals surface area contributed by atoms with Crippen molar-refractivity contribution in [1.29, 1.82) is 0 Å². The number of aromatic carboxylic acids is 1. The first-order chi connectivity index (χ1) is 16.5. The third-order valence-corrected chi connectivity index (χ3v) is 6.77. The largest absolute Gasteiger partial charge is 0.478 e. The number of amides is 1. The van der Waals surface area contributed by atoms with Gasteiger partial charge >= 0.3 is 5.97 Å². The summed E-state index contributed by atoms with van der Waals surface area (Å²) < 4.78 is 2.19. The molecule has 0 atom stereocenters. The Balaban J connectivity index is 1.45. The smallest absolute Gasteiger partial charge is 0.336 e. The molecular weight excluding hydrogens is 450 g/mol. The van der Waals surface area contributed by atoms with Crippen LogP contribution in [-0.2, 0) is 4.79 Å². The van der Waals surface area contributed by atoms with Crippen LogP contribution in [0.5, 0.6) is 0 Å². The highest BCUT2D eigenvalue weighted by atomic mass is 32.2. The van der Waals surface area contributed by atoms with Gasteiger partial charge in [-0.2, -0.15) is 5.10 Å². The fraction of sp³-hybridized carbons (Fsp3) is 0.320.